The van der Waals surface area contributed by atoms with E-state index in [0.717, 1.165) is 36.7 Å². The Hall–Kier alpha value is -0.570. The van der Waals surface area contributed by atoms with E-state index in [4.69, 9.17) is 16.3 Å². The van der Waals surface area contributed by atoms with Gasteiger partial charge in [0.2, 0.25) is 0 Å². The highest BCUT2D eigenvalue weighted by atomic mass is 35.5. The van der Waals surface area contributed by atoms with Gasteiger partial charge in [0.15, 0.2) is 0 Å². The van der Waals surface area contributed by atoms with Crippen molar-refractivity contribution in [2.24, 2.45) is 0 Å². The third-order valence-corrected chi connectivity index (χ3v) is 2.74. The quantitative estimate of drug-likeness (QED) is 0.770. The number of benzene rings is 1. The minimum atomic E-state index is 0.103. The molecule has 1 aromatic rings. The van der Waals surface area contributed by atoms with Crippen LogP contribution < -0.4 is 5.32 Å². The van der Waals surface area contributed by atoms with Crippen molar-refractivity contribution in [3.63, 3.8) is 0 Å². The Bertz CT molecular complexity index is 295. The van der Waals surface area contributed by atoms with Crippen molar-refractivity contribution >= 4 is 11.6 Å². The maximum absolute atomic E-state index is 6.10. The molecule has 1 aromatic carbocycles. The molecule has 0 amide bonds. The van der Waals surface area contributed by atoms with Gasteiger partial charge in [-0.05, 0) is 19.0 Å². The zero-order chi connectivity index (χ0) is 9.80. The first-order valence-electron chi connectivity index (χ1n) is 4.94. The monoisotopic (exact) mass is 211 g/mol. The molecule has 1 N–H and O–H groups in total. The first kappa shape index (κ1) is 9.97. The highest BCUT2D eigenvalue weighted by molar-refractivity contribution is 6.31. The molecule has 2 nitrogen and oxygen atoms in total. The van der Waals surface area contributed by atoms with E-state index in [1.807, 2.05) is 24.3 Å². The zero-order valence-corrected chi connectivity index (χ0v) is 8.76. The highest BCUT2D eigenvalue weighted by Gasteiger charge is 2.16. The van der Waals surface area contributed by atoms with Gasteiger partial charge in [-0.3, -0.25) is 0 Å². The number of nitrogens with one attached hydrogen (secondary N) is 1. The summed E-state index contributed by atoms with van der Waals surface area (Å²) in [6, 6.07) is 7.87. The van der Waals surface area contributed by atoms with Crippen molar-refractivity contribution in [1.82, 2.24) is 5.32 Å². The molecule has 0 saturated carbocycles. The smallest absolute Gasteiger partial charge is 0.0963 e. The standard InChI is InChI=1S/C11H14ClNO/c12-10-5-2-1-4-9(10)11-8-13-6-3-7-14-11/h1-2,4-5,11,13H,3,6-8H2. The summed E-state index contributed by atoms with van der Waals surface area (Å²) in [7, 11) is 0. The molecule has 1 unspecified atom stereocenters. The molecular formula is C11H14ClNO. The Morgan fingerprint density at radius 3 is 3.07 bits per heavy atom. The van der Waals surface area contributed by atoms with Crippen LogP contribution in [0.4, 0.5) is 0 Å². The second-order valence-corrected chi connectivity index (χ2v) is 3.85. The molecule has 1 aliphatic heterocycles. The zero-order valence-electron chi connectivity index (χ0n) is 8.00. The summed E-state index contributed by atoms with van der Waals surface area (Å²) in [6.45, 7) is 2.69. The Morgan fingerprint density at radius 1 is 1.36 bits per heavy atom. The van der Waals surface area contributed by atoms with Crippen molar-refractivity contribution in [3.8, 4) is 0 Å². The molecule has 0 bridgehead atoms. The lowest BCUT2D eigenvalue weighted by molar-refractivity contribution is 0.0670. The SMILES string of the molecule is Clc1ccccc1C1CNCCCO1. The molecule has 3 heteroatoms. The average Bonchev–Trinajstić information content (AvgIpc) is 2.47. The van der Waals surface area contributed by atoms with Crippen molar-refractivity contribution in [1.29, 1.82) is 0 Å². The fourth-order valence-corrected chi connectivity index (χ4v) is 1.91. The summed E-state index contributed by atoms with van der Waals surface area (Å²) >= 11 is 6.10. The van der Waals surface area contributed by atoms with Gasteiger partial charge < -0.3 is 10.1 Å². The summed E-state index contributed by atoms with van der Waals surface area (Å²) in [5.74, 6) is 0. The van der Waals surface area contributed by atoms with E-state index in [1.54, 1.807) is 0 Å². The van der Waals surface area contributed by atoms with Crippen LogP contribution in [0.25, 0.3) is 0 Å². The molecule has 76 valence electrons. The lowest BCUT2D eigenvalue weighted by Crippen LogP contribution is -2.20. The maximum Gasteiger partial charge on any atom is 0.0963 e. The Morgan fingerprint density at radius 2 is 2.21 bits per heavy atom. The summed E-state index contributed by atoms with van der Waals surface area (Å²) in [5.41, 5.74) is 1.09. The molecule has 1 aliphatic rings. The molecule has 0 spiro atoms. The Labute approximate surface area is 89.2 Å². The fraction of sp³-hybridized carbons (Fsp3) is 0.455. The number of rotatable bonds is 1. The van der Waals surface area contributed by atoms with Crippen LogP contribution in [-0.2, 0) is 4.74 Å². The molecule has 14 heavy (non-hydrogen) atoms. The summed E-state index contributed by atoms with van der Waals surface area (Å²) in [6.07, 6.45) is 1.17. The molecule has 0 aliphatic carbocycles. The van der Waals surface area contributed by atoms with E-state index in [9.17, 15) is 0 Å². The third kappa shape index (κ3) is 2.27. The molecule has 1 fully saturated rings. The number of halogens is 1. The van der Waals surface area contributed by atoms with Gasteiger partial charge in [0, 0.05) is 23.7 Å². The predicted molar refractivity (Wildman–Crippen MR) is 57.6 cm³/mol. The molecule has 1 heterocycles. The van der Waals surface area contributed by atoms with Crippen LogP contribution in [0.1, 0.15) is 18.1 Å². The van der Waals surface area contributed by atoms with Crippen LogP contribution in [-0.4, -0.2) is 19.7 Å². The largest absolute Gasteiger partial charge is 0.372 e. The van der Waals surface area contributed by atoms with Gasteiger partial charge >= 0.3 is 0 Å². The van der Waals surface area contributed by atoms with E-state index in [1.165, 1.54) is 0 Å². The van der Waals surface area contributed by atoms with E-state index in [2.05, 4.69) is 5.32 Å². The lowest BCUT2D eigenvalue weighted by Gasteiger charge is -2.16. The Kier molecular flexibility index (Phi) is 3.40. The first-order valence-corrected chi connectivity index (χ1v) is 5.32. The van der Waals surface area contributed by atoms with Crippen LogP contribution in [0.2, 0.25) is 5.02 Å². The van der Waals surface area contributed by atoms with Gasteiger partial charge in [0.1, 0.15) is 0 Å². The topological polar surface area (TPSA) is 21.3 Å². The van der Waals surface area contributed by atoms with E-state index in [-0.39, 0.29) is 6.10 Å². The highest BCUT2D eigenvalue weighted by Crippen LogP contribution is 2.25. The minimum Gasteiger partial charge on any atom is -0.372 e. The van der Waals surface area contributed by atoms with Crippen molar-refractivity contribution < 1.29 is 4.74 Å². The second-order valence-electron chi connectivity index (χ2n) is 3.44. The van der Waals surface area contributed by atoms with Crippen LogP contribution in [0.15, 0.2) is 24.3 Å². The van der Waals surface area contributed by atoms with Crippen molar-refractivity contribution in [3.05, 3.63) is 34.9 Å². The van der Waals surface area contributed by atoms with E-state index >= 15 is 0 Å². The molecule has 2 rings (SSSR count). The van der Waals surface area contributed by atoms with Gasteiger partial charge in [0.25, 0.3) is 0 Å². The first-order chi connectivity index (χ1) is 6.88. The minimum absolute atomic E-state index is 0.103. The molecule has 1 saturated heterocycles. The molecule has 0 aromatic heterocycles. The Balaban J connectivity index is 2.16. The normalized spacial score (nSPS) is 23.1. The van der Waals surface area contributed by atoms with Crippen LogP contribution in [0.3, 0.4) is 0 Å². The third-order valence-electron chi connectivity index (χ3n) is 2.40. The van der Waals surface area contributed by atoms with Crippen molar-refractivity contribution in [2.45, 2.75) is 12.5 Å². The van der Waals surface area contributed by atoms with Gasteiger partial charge in [-0.2, -0.15) is 0 Å². The predicted octanol–water partition coefficient (Wildman–Crippen LogP) is 2.39. The van der Waals surface area contributed by atoms with E-state index in [0.29, 0.717) is 0 Å². The number of hydrogen-bond donors (Lipinski definition) is 1. The fourth-order valence-electron chi connectivity index (χ4n) is 1.65. The van der Waals surface area contributed by atoms with Gasteiger partial charge in [-0.1, -0.05) is 29.8 Å². The molecular weight excluding hydrogens is 198 g/mol. The van der Waals surface area contributed by atoms with Crippen LogP contribution in [0, 0.1) is 0 Å². The maximum atomic E-state index is 6.10. The van der Waals surface area contributed by atoms with E-state index < -0.39 is 0 Å². The molecule has 1 atom stereocenters. The summed E-state index contributed by atoms with van der Waals surface area (Å²) < 4.78 is 5.72. The average molecular weight is 212 g/mol. The van der Waals surface area contributed by atoms with Crippen molar-refractivity contribution in [2.75, 3.05) is 19.7 Å². The summed E-state index contributed by atoms with van der Waals surface area (Å²) in [4.78, 5) is 0. The molecule has 0 radical (unpaired) electrons. The van der Waals surface area contributed by atoms with Gasteiger partial charge in [-0.25, -0.2) is 0 Å². The van der Waals surface area contributed by atoms with Crippen LogP contribution in [0.5, 0.6) is 0 Å². The van der Waals surface area contributed by atoms with Gasteiger partial charge in [-0.15, -0.1) is 0 Å². The second kappa shape index (κ2) is 4.78. The van der Waals surface area contributed by atoms with Crippen LogP contribution >= 0.6 is 11.6 Å². The summed E-state index contributed by atoms with van der Waals surface area (Å²) in [5, 5.41) is 4.13. The number of hydrogen-bond acceptors (Lipinski definition) is 2. The number of ether oxygens (including phenoxy) is 1. The lowest BCUT2D eigenvalue weighted by atomic mass is 10.1. The van der Waals surface area contributed by atoms with Gasteiger partial charge in [0.05, 0.1) is 6.10 Å².